The predicted octanol–water partition coefficient (Wildman–Crippen LogP) is 7.28. The molecule has 136 valence electrons. The molecule has 0 fully saturated rings. The van der Waals surface area contributed by atoms with Crippen LogP contribution in [-0.2, 0) is 4.79 Å². The Morgan fingerprint density at radius 1 is 0.652 bits per heavy atom. The van der Waals surface area contributed by atoms with Gasteiger partial charge in [0.25, 0.3) is 0 Å². The Morgan fingerprint density at radius 2 is 1.04 bits per heavy atom. The summed E-state index contributed by atoms with van der Waals surface area (Å²) in [6, 6.07) is 0. The molecular formula is C21H40O2. The van der Waals surface area contributed by atoms with E-state index in [1.54, 1.807) is 0 Å². The van der Waals surface area contributed by atoms with Crippen molar-refractivity contribution in [1.29, 1.82) is 0 Å². The molecule has 2 heteroatoms. The summed E-state index contributed by atoms with van der Waals surface area (Å²) < 4.78 is 0. The molecule has 0 aliphatic heterocycles. The van der Waals surface area contributed by atoms with Gasteiger partial charge in [-0.05, 0) is 32.1 Å². The number of carboxylic acid groups (broad SMARTS) is 1. The molecule has 0 aromatic carbocycles. The quantitative estimate of drug-likeness (QED) is 0.212. The second kappa shape index (κ2) is 19.3. The van der Waals surface area contributed by atoms with E-state index in [1.807, 2.05) is 0 Å². The maximum Gasteiger partial charge on any atom is 0.303 e. The van der Waals surface area contributed by atoms with Crippen LogP contribution < -0.4 is 0 Å². The Hall–Kier alpha value is -0.790. The molecule has 0 aromatic heterocycles. The fourth-order valence-corrected chi connectivity index (χ4v) is 2.88. The van der Waals surface area contributed by atoms with E-state index in [0.717, 1.165) is 25.7 Å². The molecule has 0 saturated carbocycles. The lowest BCUT2D eigenvalue weighted by atomic mass is 10.1. The van der Waals surface area contributed by atoms with Crippen molar-refractivity contribution in [2.45, 2.75) is 116 Å². The van der Waals surface area contributed by atoms with Crippen molar-refractivity contribution in [2.75, 3.05) is 0 Å². The van der Waals surface area contributed by atoms with E-state index in [1.165, 1.54) is 77.0 Å². The minimum absolute atomic E-state index is 0.328. The van der Waals surface area contributed by atoms with Gasteiger partial charge in [-0.25, -0.2) is 0 Å². The Labute approximate surface area is 144 Å². The summed E-state index contributed by atoms with van der Waals surface area (Å²) in [6.45, 7) is 2.27. The van der Waals surface area contributed by atoms with E-state index < -0.39 is 5.97 Å². The average Bonchev–Trinajstić information content (AvgIpc) is 2.53. The van der Waals surface area contributed by atoms with Gasteiger partial charge >= 0.3 is 5.97 Å². The Balaban J connectivity index is 3.07. The van der Waals surface area contributed by atoms with Crippen LogP contribution in [0.25, 0.3) is 0 Å². The first-order chi connectivity index (χ1) is 11.3. The molecule has 0 unspecified atom stereocenters. The number of unbranched alkanes of at least 4 members (excludes halogenated alkanes) is 14. The van der Waals surface area contributed by atoms with E-state index in [4.69, 9.17) is 5.11 Å². The average molecular weight is 325 g/mol. The fourth-order valence-electron chi connectivity index (χ4n) is 2.88. The third-order valence-electron chi connectivity index (χ3n) is 4.40. The highest BCUT2D eigenvalue weighted by Crippen LogP contribution is 2.12. The highest BCUT2D eigenvalue weighted by atomic mass is 16.4. The van der Waals surface area contributed by atoms with E-state index in [9.17, 15) is 4.79 Å². The highest BCUT2D eigenvalue weighted by Gasteiger charge is 1.95. The smallest absolute Gasteiger partial charge is 0.303 e. The topological polar surface area (TPSA) is 37.3 Å². The van der Waals surface area contributed by atoms with Crippen LogP contribution in [0.1, 0.15) is 116 Å². The Morgan fingerprint density at radius 3 is 1.48 bits per heavy atom. The fraction of sp³-hybridized carbons (Fsp3) is 0.857. The highest BCUT2D eigenvalue weighted by molar-refractivity contribution is 5.66. The van der Waals surface area contributed by atoms with Crippen LogP contribution in [-0.4, -0.2) is 11.1 Å². The summed E-state index contributed by atoms with van der Waals surface area (Å²) >= 11 is 0. The van der Waals surface area contributed by atoms with Crippen molar-refractivity contribution < 1.29 is 9.90 Å². The van der Waals surface area contributed by atoms with Crippen molar-refractivity contribution in [3.63, 3.8) is 0 Å². The number of hydrogen-bond acceptors (Lipinski definition) is 1. The van der Waals surface area contributed by atoms with Gasteiger partial charge in [-0.15, -0.1) is 0 Å². The van der Waals surface area contributed by atoms with Gasteiger partial charge in [0.1, 0.15) is 0 Å². The summed E-state index contributed by atoms with van der Waals surface area (Å²) in [4.78, 5) is 10.4. The predicted molar refractivity (Wildman–Crippen MR) is 101 cm³/mol. The molecule has 0 atom stereocenters. The summed E-state index contributed by atoms with van der Waals surface area (Å²) in [5.74, 6) is -0.665. The SMILES string of the molecule is CCCCCCCCCCCCC=CCCCCCCC(=O)O. The van der Waals surface area contributed by atoms with Crippen LogP contribution >= 0.6 is 0 Å². The Bertz CT molecular complexity index is 271. The molecule has 0 heterocycles. The molecule has 0 rings (SSSR count). The lowest BCUT2D eigenvalue weighted by Crippen LogP contribution is -1.93. The number of aliphatic carboxylic acids is 1. The standard InChI is InChI=1S/C21H40O2/c1-2-3-4-5-6-7-8-9-10-11-12-13-14-15-16-17-18-19-20-21(22)23/h13-14H,2-12,15-20H2,1H3,(H,22,23). The molecule has 0 aromatic rings. The van der Waals surface area contributed by atoms with Crippen LogP contribution in [0.2, 0.25) is 0 Å². The second-order valence-corrected chi connectivity index (χ2v) is 6.79. The summed E-state index contributed by atoms with van der Waals surface area (Å²) in [6.07, 6.45) is 25.7. The number of rotatable bonds is 18. The van der Waals surface area contributed by atoms with Crippen LogP contribution in [0, 0.1) is 0 Å². The lowest BCUT2D eigenvalue weighted by Gasteiger charge is -2.01. The molecule has 0 saturated heterocycles. The van der Waals surface area contributed by atoms with Crippen LogP contribution in [0.3, 0.4) is 0 Å². The summed E-state index contributed by atoms with van der Waals surface area (Å²) in [5.41, 5.74) is 0. The third-order valence-corrected chi connectivity index (χ3v) is 4.40. The van der Waals surface area contributed by atoms with Crippen LogP contribution in [0.15, 0.2) is 12.2 Å². The maximum atomic E-state index is 10.4. The molecule has 23 heavy (non-hydrogen) atoms. The first-order valence-corrected chi connectivity index (χ1v) is 10.1. The van der Waals surface area contributed by atoms with Gasteiger partial charge in [0.2, 0.25) is 0 Å². The zero-order chi connectivity index (χ0) is 17.0. The van der Waals surface area contributed by atoms with E-state index >= 15 is 0 Å². The van der Waals surface area contributed by atoms with Gasteiger partial charge in [0.05, 0.1) is 0 Å². The van der Waals surface area contributed by atoms with Crippen LogP contribution in [0.5, 0.6) is 0 Å². The van der Waals surface area contributed by atoms with Crippen molar-refractivity contribution in [2.24, 2.45) is 0 Å². The number of carbonyl (C=O) groups is 1. The Kier molecular flexibility index (Phi) is 18.6. The molecule has 0 aliphatic rings. The molecule has 0 aliphatic carbocycles. The number of hydrogen-bond donors (Lipinski definition) is 1. The van der Waals surface area contributed by atoms with Gasteiger partial charge in [0.15, 0.2) is 0 Å². The van der Waals surface area contributed by atoms with Crippen molar-refractivity contribution >= 4 is 5.97 Å². The van der Waals surface area contributed by atoms with E-state index in [-0.39, 0.29) is 0 Å². The first-order valence-electron chi connectivity index (χ1n) is 10.1. The third kappa shape index (κ3) is 21.2. The van der Waals surface area contributed by atoms with Crippen molar-refractivity contribution in [3.8, 4) is 0 Å². The molecule has 0 radical (unpaired) electrons. The molecule has 2 nitrogen and oxygen atoms in total. The molecule has 0 amide bonds. The minimum atomic E-state index is -0.665. The molecule has 1 N–H and O–H groups in total. The van der Waals surface area contributed by atoms with Gasteiger partial charge in [-0.2, -0.15) is 0 Å². The van der Waals surface area contributed by atoms with Gasteiger partial charge in [0, 0.05) is 6.42 Å². The first kappa shape index (κ1) is 22.2. The maximum absolute atomic E-state index is 10.4. The van der Waals surface area contributed by atoms with E-state index in [2.05, 4.69) is 19.1 Å². The summed E-state index contributed by atoms with van der Waals surface area (Å²) in [5, 5.41) is 8.54. The van der Waals surface area contributed by atoms with Gasteiger partial charge < -0.3 is 5.11 Å². The van der Waals surface area contributed by atoms with Crippen LogP contribution in [0.4, 0.5) is 0 Å². The number of allylic oxidation sites excluding steroid dienone is 2. The van der Waals surface area contributed by atoms with Gasteiger partial charge in [-0.3, -0.25) is 4.79 Å². The molecule has 0 bridgehead atoms. The number of carboxylic acids is 1. The van der Waals surface area contributed by atoms with Crippen molar-refractivity contribution in [3.05, 3.63) is 12.2 Å². The molecular weight excluding hydrogens is 284 g/mol. The van der Waals surface area contributed by atoms with Crippen molar-refractivity contribution in [1.82, 2.24) is 0 Å². The normalized spacial score (nSPS) is 11.3. The lowest BCUT2D eigenvalue weighted by molar-refractivity contribution is -0.137. The second-order valence-electron chi connectivity index (χ2n) is 6.79. The van der Waals surface area contributed by atoms with E-state index in [0.29, 0.717) is 6.42 Å². The van der Waals surface area contributed by atoms with Gasteiger partial charge in [-0.1, -0.05) is 89.7 Å². The minimum Gasteiger partial charge on any atom is -0.481 e. The monoisotopic (exact) mass is 324 g/mol. The zero-order valence-electron chi connectivity index (χ0n) is 15.5. The zero-order valence-corrected chi connectivity index (χ0v) is 15.5. The molecule has 0 spiro atoms. The largest absolute Gasteiger partial charge is 0.481 e. The summed E-state index contributed by atoms with van der Waals surface area (Å²) in [7, 11) is 0.